The summed E-state index contributed by atoms with van der Waals surface area (Å²) >= 11 is 0. The zero-order valence-corrected chi connectivity index (χ0v) is 11.9. The Hall–Kier alpha value is -2.00. The van der Waals surface area contributed by atoms with Gasteiger partial charge in [0.25, 0.3) is 0 Å². The molecule has 0 spiro atoms. The summed E-state index contributed by atoms with van der Waals surface area (Å²) in [4.78, 5) is 37.1. The normalized spacial score (nSPS) is 19.9. The predicted molar refractivity (Wildman–Crippen MR) is 74.4 cm³/mol. The van der Waals surface area contributed by atoms with Gasteiger partial charge in [-0.3, -0.25) is 29.4 Å². The van der Waals surface area contributed by atoms with E-state index in [1.807, 2.05) is 4.98 Å². The standard InChI is InChI=1S/C12H18N4O5/c1-8(2)14-3-4-21-9(5-14)6-15-7-10(16(19)20)11(17)13-12(15)18/h7-9H,3-6H2,1-2H3,(H,13,17,18). The Balaban J connectivity index is 2.19. The maximum absolute atomic E-state index is 11.7. The molecule has 1 aliphatic heterocycles. The van der Waals surface area contributed by atoms with Crippen LogP contribution in [0.1, 0.15) is 13.8 Å². The minimum Gasteiger partial charge on any atom is -0.374 e. The van der Waals surface area contributed by atoms with Gasteiger partial charge >= 0.3 is 16.9 Å². The molecule has 9 nitrogen and oxygen atoms in total. The smallest absolute Gasteiger partial charge is 0.350 e. The number of aromatic nitrogens is 2. The SMILES string of the molecule is CC(C)N1CCOC(Cn2cc([N+](=O)[O-])c(=O)[nH]c2=O)C1. The Morgan fingerprint density at radius 2 is 2.24 bits per heavy atom. The van der Waals surface area contributed by atoms with Crippen LogP contribution in [-0.4, -0.2) is 51.2 Å². The van der Waals surface area contributed by atoms with E-state index in [2.05, 4.69) is 18.7 Å². The third kappa shape index (κ3) is 3.56. The van der Waals surface area contributed by atoms with E-state index in [0.717, 1.165) is 17.3 Å². The van der Waals surface area contributed by atoms with E-state index in [1.54, 1.807) is 0 Å². The molecule has 1 aliphatic rings. The molecule has 0 aliphatic carbocycles. The molecule has 0 amide bonds. The molecule has 116 valence electrons. The molecule has 0 radical (unpaired) electrons. The van der Waals surface area contributed by atoms with Crippen molar-refractivity contribution in [3.63, 3.8) is 0 Å². The van der Waals surface area contributed by atoms with Crippen LogP contribution in [0.3, 0.4) is 0 Å². The lowest BCUT2D eigenvalue weighted by molar-refractivity contribution is -0.386. The number of hydrogen-bond acceptors (Lipinski definition) is 6. The molecule has 1 fully saturated rings. The van der Waals surface area contributed by atoms with Crippen LogP contribution in [0, 0.1) is 10.1 Å². The maximum Gasteiger partial charge on any atom is 0.350 e. The van der Waals surface area contributed by atoms with Crippen molar-refractivity contribution in [2.45, 2.75) is 32.5 Å². The van der Waals surface area contributed by atoms with Crippen molar-refractivity contribution in [2.75, 3.05) is 19.7 Å². The first kappa shape index (κ1) is 15.4. The second kappa shape index (κ2) is 6.19. The highest BCUT2D eigenvalue weighted by Crippen LogP contribution is 2.10. The van der Waals surface area contributed by atoms with Crippen LogP contribution in [0.25, 0.3) is 0 Å². The van der Waals surface area contributed by atoms with Gasteiger partial charge in [-0.2, -0.15) is 0 Å². The number of H-pyrrole nitrogens is 1. The zero-order valence-electron chi connectivity index (χ0n) is 11.9. The van der Waals surface area contributed by atoms with Crippen molar-refractivity contribution >= 4 is 5.69 Å². The van der Waals surface area contributed by atoms with Crippen LogP contribution in [0.2, 0.25) is 0 Å². The summed E-state index contributed by atoms with van der Waals surface area (Å²) in [6, 6.07) is 0.359. The third-order valence-corrected chi connectivity index (χ3v) is 3.49. The molecule has 2 rings (SSSR count). The molecule has 2 heterocycles. The van der Waals surface area contributed by atoms with E-state index < -0.39 is 21.9 Å². The molecule has 1 saturated heterocycles. The van der Waals surface area contributed by atoms with Crippen LogP contribution in [0.4, 0.5) is 5.69 Å². The Morgan fingerprint density at radius 3 is 2.86 bits per heavy atom. The first-order valence-electron chi connectivity index (χ1n) is 6.72. The van der Waals surface area contributed by atoms with E-state index in [4.69, 9.17) is 4.74 Å². The van der Waals surface area contributed by atoms with Crippen molar-refractivity contribution in [1.29, 1.82) is 0 Å². The van der Waals surface area contributed by atoms with Crippen LogP contribution < -0.4 is 11.2 Å². The number of nitrogens with one attached hydrogen (secondary N) is 1. The number of morpholine rings is 1. The fourth-order valence-electron chi connectivity index (χ4n) is 2.30. The van der Waals surface area contributed by atoms with Gasteiger partial charge in [0.2, 0.25) is 0 Å². The highest BCUT2D eigenvalue weighted by atomic mass is 16.6. The highest BCUT2D eigenvalue weighted by molar-refractivity contribution is 5.20. The third-order valence-electron chi connectivity index (χ3n) is 3.49. The van der Waals surface area contributed by atoms with E-state index >= 15 is 0 Å². The summed E-state index contributed by atoms with van der Waals surface area (Å²) in [5.41, 5.74) is -2.31. The number of hydrogen-bond donors (Lipinski definition) is 1. The van der Waals surface area contributed by atoms with Gasteiger partial charge in [0.05, 0.1) is 30.4 Å². The second-order valence-corrected chi connectivity index (χ2v) is 5.26. The monoisotopic (exact) mass is 298 g/mol. The van der Waals surface area contributed by atoms with Crippen molar-refractivity contribution < 1.29 is 9.66 Å². The zero-order chi connectivity index (χ0) is 15.6. The van der Waals surface area contributed by atoms with Crippen molar-refractivity contribution in [2.24, 2.45) is 0 Å². The molecular formula is C12H18N4O5. The highest BCUT2D eigenvalue weighted by Gasteiger charge is 2.24. The summed E-state index contributed by atoms with van der Waals surface area (Å²) in [5, 5.41) is 10.7. The predicted octanol–water partition coefficient (Wildman–Crippen LogP) is -0.446. The average molecular weight is 298 g/mol. The van der Waals surface area contributed by atoms with Crippen molar-refractivity contribution in [3.05, 3.63) is 37.1 Å². The summed E-state index contributed by atoms with van der Waals surface area (Å²) in [6.45, 7) is 6.30. The van der Waals surface area contributed by atoms with E-state index in [-0.39, 0.29) is 12.6 Å². The maximum atomic E-state index is 11.7. The number of rotatable bonds is 4. The number of ether oxygens (including phenoxy) is 1. The van der Waals surface area contributed by atoms with Crippen LogP contribution in [0.15, 0.2) is 15.8 Å². The van der Waals surface area contributed by atoms with Gasteiger partial charge < -0.3 is 4.74 Å². The lowest BCUT2D eigenvalue weighted by Gasteiger charge is -2.35. The summed E-state index contributed by atoms with van der Waals surface area (Å²) < 4.78 is 6.70. The Morgan fingerprint density at radius 1 is 1.52 bits per heavy atom. The Labute approximate surface area is 120 Å². The van der Waals surface area contributed by atoms with Gasteiger partial charge in [-0.15, -0.1) is 0 Å². The lowest BCUT2D eigenvalue weighted by atomic mass is 10.2. The average Bonchev–Trinajstić information content (AvgIpc) is 2.41. The van der Waals surface area contributed by atoms with Crippen LogP contribution in [0.5, 0.6) is 0 Å². The van der Waals surface area contributed by atoms with Gasteiger partial charge in [0.1, 0.15) is 0 Å². The largest absolute Gasteiger partial charge is 0.374 e. The van der Waals surface area contributed by atoms with Gasteiger partial charge in [-0.25, -0.2) is 4.79 Å². The Kier molecular flexibility index (Phi) is 4.53. The summed E-state index contributed by atoms with van der Waals surface area (Å²) in [5.74, 6) is 0. The fourth-order valence-corrected chi connectivity index (χ4v) is 2.30. The van der Waals surface area contributed by atoms with E-state index in [9.17, 15) is 19.7 Å². The number of nitro groups is 1. The van der Waals surface area contributed by atoms with E-state index in [1.165, 1.54) is 0 Å². The molecule has 1 aromatic heterocycles. The quantitative estimate of drug-likeness (QED) is 0.595. The first-order chi connectivity index (χ1) is 9.88. The molecule has 1 N–H and O–H groups in total. The van der Waals surface area contributed by atoms with Gasteiger partial charge in [-0.05, 0) is 13.8 Å². The first-order valence-corrected chi connectivity index (χ1v) is 6.72. The van der Waals surface area contributed by atoms with Gasteiger partial charge in [-0.1, -0.05) is 0 Å². The second-order valence-electron chi connectivity index (χ2n) is 5.26. The topological polar surface area (TPSA) is 110 Å². The van der Waals surface area contributed by atoms with Crippen molar-refractivity contribution in [3.8, 4) is 0 Å². The number of nitrogens with zero attached hydrogens (tertiary/aromatic N) is 3. The summed E-state index contributed by atoms with van der Waals surface area (Å²) in [7, 11) is 0. The Bertz CT molecular complexity index is 635. The molecule has 1 atom stereocenters. The summed E-state index contributed by atoms with van der Waals surface area (Å²) in [6.07, 6.45) is 0.725. The lowest BCUT2D eigenvalue weighted by Crippen LogP contribution is -2.48. The molecule has 0 bridgehead atoms. The minimum atomic E-state index is -0.991. The molecule has 9 heteroatoms. The number of aromatic amines is 1. The molecule has 21 heavy (non-hydrogen) atoms. The van der Waals surface area contributed by atoms with Gasteiger partial charge in [0.15, 0.2) is 0 Å². The molecule has 1 aromatic rings. The van der Waals surface area contributed by atoms with Crippen molar-refractivity contribution in [1.82, 2.24) is 14.5 Å². The molecule has 1 unspecified atom stereocenters. The minimum absolute atomic E-state index is 0.166. The molecule has 0 aromatic carbocycles. The molecular weight excluding hydrogens is 280 g/mol. The molecule has 0 saturated carbocycles. The van der Waals surface area contributed by atoms with Gasteiger partial charge in [0, 0.05) is 19.1 Å². The fraction of sp³-hybridized carbons (Fsp3) is 0.667. The van der Waals surface area contributed by atoms with Crippen LogP contribution >= 0.6 is 0 Å². The van der Waals surface area contributed by atoms with E-state index in [0.29, 0.717) is 19.2 Å². The van der Waals surface area contributed by atoms with Crippen LogP contribution in [-0.2, 0) is 11.3 Å².